The van der Waals surface area contributed by atoms with Crippen LogP contribution in [0.1, 0.15) is 35.7 Å². The van der Waals surface area contributed by atoms with Crippen LogP contribution in [0.25, 0.3) is 11.2 Å². The Morgan fingerprint density at radius 3 is 2.77 bits per heavy atom. The quantitative estimate of drug-likeness (QED) is 0.416. The number of halogens is 1. The number of rotatable bonds is 5. The Labute approximate surface area is 206 Å². The van der Waals surface area contributed by atoms with Crippen molar-refractivity contribution in [3.63, 3.8) is 0 Å². The first-order valence-corrected chi connectivity index (χ1v) is 11.6. The molecular formula is C24H27ClN6O4. The molecular weight excluding hydrogens is 472 g/mol. The molecule has 1 saturated heterocycles. The van der Waals surface area contributed by atoms with Crippen LogP contribution in [-0.4, -0.2) is 50.9 Å². The molecule has 0 radical (unpaired) electrons. The van der Waals surface area contributed by atoms with Crippen LogP contribution < -0.4 is 21.9 Å². The third kappa shape index (κ3) is 4.57. The normalized spacial score (nSPS) is 15.7. The Balaban J connectivity index is 1.93. The zero-order chi connectivity index (χ0) is 25.3. The van der Waals surface area contributed by atoms with E-state index in [1.165, 1.54) is 17.7 Å². The lowest BCUT2D eigenvalue weighted by Crippen LogP contribution is -2.44. The fraction of sp³-hybridized carbons (Fsp3) is 0.417. The van der Waals surface area contributed by atoms with Crippen molar-refractivity contribution in [3.8, 4) is 11.8 Å². The van der Waals surface area contributed by atoms with Gasteiger partial charge < -0.3 is 15.4 Å². The second-order valence-corrected chi connectivity index (χ2v) is 8.91. The molecule has 3 aromatic rings. The van der Waals surface area contributed by atoms with E-state index < -0.39 is 17.2 Å². The average Bonchev–Trinajstić information content (AvgIpc) is 3.24. The number of anilines is 1. The van der Waals surface area contributed by atoms with Crippen LogP contribution in [-0.2, 0) is 24.9 Å². The highest BCUT2D eigenvalue weighted by atomic mass is 35.5. The molecule has 1 atom stereocenters. The highest BCUT2D eigenvalue weighted by Crippen LogP contribution is 2.23. The van der Waals surface area contributed by atoms with Crippen LogP contribution in [0.15, 0.2) is 27.8 Å². The van der Waals surface area contributed by atoms with Crippen molar-refractivity contribution < 1.29 is 9.53 Å². The SMILES string of the molecule is CC#CCn1c(N2CCC[C@@H](N)C2)nc2c1c(=O)n(Cc1ccc(Cl)cc1C(=O)OC)c(=O)n2C. The predicted molar refractivity (Wildman–Crippen MR) is 134 cm³/mol. The van der Waals surface area contributed by atoms with E-state index >= 15 is 0 Å². The molecule has 0 amide bonds. The van der Waals surface area contributed by atoms with Gasteiger partial charge in [0, 0.05) is 31.2 Å². The average molecular weight is 499 g/mol. The van der Waals surface area contributed by atoms with Crippen LogP contribution in [0.4, 0.5) is 5.95 Å². The Morgan fingerprint density at radius 2 is 2.09 bits per heavy atom. The lowest BCUT2D eigenvalue weighted by molar-refractivity contribution is 0.0599. The van der Waals surface area contributed by atoms with Gasteiger partial charge in [0.15, 0.2) is 11.2 Å². The Morgan fingerprint density at radius 1 is 1.31 bits per heavy atom. The van der Waals surface area contributed by atoms with E-state index in [1.807, 2.05) is 4.90 Å². The van der Waals surface area contributed by atoms with Crippen molar-refractivity contribution in [2.24, 2.45) is 12.8 Å². The predicted octanol–water partition coefficient (Wildman–Crippen LogP) is 1.34. The maximum atomic E-state index is 13.7. The number of carbonyl (C=O) groups is 1. The zero-order valence-corrected chi connectivity index (χ0v) is 20.6. The molecule has 0 spiro atoms. The summed E-state index contributed by atoms with van der Waals surface area (Å²) in [4.78, 5) is 46.0. The van der Waals surface area contributed by atoms with Gasteiger partial charge in [-0.2, -0.15) is 4.98 Å². The number of imidazole rings is 1. The van der Waals surface area contributed by atoms with Gasteiger partial charge in [-0.05, 0) is 37.5 Å². The maximum Gasteiger partial charge on any atom is 0.338 e. The third-order valence-corrected chi connectivity index (χ3v) is 6.41. The molecule has 4 rings (SSSR count). The molecule has 2 N–H and O–H groups in total. The first-order valence-electron chi connectivity index (χ1n) is 11.2. The summed E-state index contributed by atoms with van der Waals surface area (Å²) < 4.78 is 9.02. The third-order valence-electron chi connectivity index (χ3n) is 6.17. The number of hydrogen-bond acceptors (Lipinski definition) is 7. The minimum Gasteiger partial charge on any atom is -0.465 e. The summed E-state index contributed by atoms with van der Waals surface area (Å²) in [5.74, 6) is 5.81. The van der Waals surface area contributed by atoms with Crippen LogP contribution >= 0.6 is 11.6 Å². The number of esters is 1. The molecule has 0 saturated carbocycles. The minimum absolute atomic E-state index is 0.00334. The molecule has 184 valence electrons. The van der Waals surface area contributed by atoms with Gasteiger partial charge in [-0.1, -0.05) is 23.6 Å². The van der Waals surface area contributed by atoms with Gasteiger partial charge in [0.1, 0.15) is 0 Å². The number of hydrogen-bond donors (Lipinski definition) is 1. The van der Waals surface area contributed by atoms with E-state index in [9.17, 15) is 14.4 Å². The minimum atomic E-state index is -0.611. The van der Waals surface area contributed by atoms with Crippen LogP contribution in [0, 0.1) is 11.8 Å². The Bertz CT molecular complexity index is 1480. The molecule has 2 aromatic heterocycles. The molecule has 11 heteroatoms. The van der Waals surface area contributed by atoms with E-state index in [-0.39, 0.29) is 35.9 Å². The van der Waals surface area contributed by atoms with Gasteiger partial charge in [0.2, 0.25) is 5.95 Å². The standard InChI is InChI=1S/C24H27ClN6O4/c1-4-5-11-30-19-20(27-23(30)29-10-6-7-17(26)14-29)28(2)24(34)31(21(19)32)13-15-8-9-16(25)12-18(15)22(33)35-3/h8-9,12,17H,6-7,10-11,13-14,26H2,1-3H3/t17-/m1/s1. The number of piperidine rings is 1. The lowest BCUT2D eigenvalue weighted by atomic mass is 10.1. The van der Waals surface area contributed by atoms with Crippen molar-refractivity contribution in [1.29, 1.82) is 0 Å². The lowest BCUT2D eigenvalue weighted by Gasteiger charge is -2.31. The van der Waals surface area contributed by atoms with E-state index in [2.05, 4.69) is 16.8 Å². The largest absolute Gasteiger partial charge is 0.465 e. The fourth-order valence-electron chi connectivity index (χ4n) is 4.40. The summed E-state index contributed by atoms with van der Waals surface area (Å²) in [7, 11) is 2.82. The van der Waals surface area contributed by atoms with E-state index in [4.69, 9.17) is 22.1 Å². The number of ether oxygens (including phenoxy) is 1. The number of fused-ring (bicyclic) bond motifs is 1. The summed E-state index contributed by atoms with van der Waals surface area (Å²) in [5, 5.41) is 0.338. The number of aromatic nitrogens is 4. The number of nitrogens with two attached hydrogens (primary N) is 1. The maximum absolute atomic E-state index is 13.7. The smallest absolute Gasteiger partial charge is 0.338 e. The molecule has 10 nitrogen and oxygen atoms in total. The molecule has 0 aliphatic carbocycles. The van der Waals surface area contributed by atoms with Crippen molar-refractivity contribution >= 4 is 34.7 Å². The summed E-state index contributed by atoms with van der Waals surface area (Å²) in [6, 6.07) is 4.65. The van der Waals surface area contributed by atoms with E-state index in [0.29, 0.717) is 23.1 Å². The molecule has 1 fully saturated rings. The summed E-state index contributed by atoms with van der Waals surface area (Å²) in [5.41, 5.74) is 6.26. The van der Waals surface area contributed by atoms with Gasteiger partial charge in [0.05, 0.1) is 25.8 Å². The number of carbonyl (C=O) groups excluding carboxylic acids is 1. The second-order valence-electron chi connectivity index (χ2n) is 8.47. The summed E-state index contributed by atoms with van der Waals surface area (Å²) in [6.45, 7) is 3.15. The molecule has 0 bridgehead atoms. The summed E-state index contributed by atoms with van der Waals surface area (Å²) in [6.07, 6.45) is 1.82. The molecule has 0 unspecified atom stereocenters. The van der Waals surface area contributed by atoms with Gasteiger partial charge in [-0.25, -0.2) is 9.59 Å². The van der Waals surface area contributed by atoms with Crippen LogP contribution in [0.5, 0.6) is 0 Å². The molecule has 1 aliphatic heterocycles. The molecule has 1 aliphatic rings. The topological polar surface area (TPSA) is 117 Å². The van der Waals surface area contributed by atoms with Crippen molar-refractivity contribution in [2.75, 3.05) is 25.1 Å². The first-order chi connectivity index (χ1) is 16.8. The van der Waals surface area contributed by atoms with Gasteiger partial charge in [-0.15, -0.1) is 5.92 Å². The number of benzene rings is 1. The van der Waals surface area contributed by atoms with Crippen molar-refractivity contribution in [2.45, 2.75) is 38.9 Å². The van der Waals surface area contributed by atoms with Crippen LogP contribution in [0.3, 0.4) is 0 Å². The molecule has 35 heavy (non-hydrogen) atoms. The van der Waals surface area contributed by atoms with Crippen molar-refractivity contribution in [3.05, 3.63) is 55.2 Å². The van der Waals surface area contributed by atoms with E-state index in [1.54, 1.807) is 30.7 Å². The molecule has 3 heterocycles. The van der Waals surface area contributed by atoms with Gasteiger partial charge in [0.25, 0.3) is 5.56 Å². The van der Waals surface area contributed by atoms with Gasteiger partial charge >= 0.3 is 11.7 Å². The number of nitrogens with zero attached hydrogens (tertiary/aromatic N) is 5. The monoisotopic (exact) mass is 498 g/mol. The fourth-order valence-corrected chi connectivity index (χ4v) is 4.57. The number of methoxy groups -OCH3 is 1. The highest BCUT2D eigenvalue weighted by molar-refractivity contribution is 6.31. The Hall–Kier alpha value is -3.55. The van der Waals surface area contributed by atoms with Crippen molar-refractivity contribution in [1.82, 2.24) is 18.7 Å². The summed E-state index contributed by atoms with van der Waals surface area (Å²) >= 11 is 6.06. The number of aryl methyl sites for hydroxylation is 1. The second kappa shape index (κ2) is 9.98. The zero-order valence-electron chi connectivity index (χ0n) is 19.9. The van der Waals surface area contributed by atoms with Crippen LogP contribution in [0.2, 0.25) is 5.02 Å². The molecule has 1 aromatic carbocycles. The van der Waals surface area contributed by atoms with E-state index in [0.717, 1.165) is 24.0 Å². The van der Waals surface area contributed by atoms with Gasteiger partial charge in [-0.3, -0.25) is 18.5 Å². The first kappa shape index (κ1) is 24.6. The Kier molecular flexibility index (Phi) is 7.00. The highest BCUT2D eigenvalue weighted by Gasteiger charge is 2.26.